The van der Waals surface area contributed by atoms with E-state index in [-0.39, 0.29) is 5.91 Å². The molecule has 4 N–H and O–H groups in total. The standard InChI is InChI=1S/C8H14N2O/c9-7(11)8(10)4-5-1-2-6(8)3-5/h5-6H,1-4,10H2,(H2,9,11). The zero-order valence-electron chi connectivity index (χ0n) is 6.55. The third-order valence-corrected chi connectivity index (χ3v) is 3.35. The third-order valence-electron chi connectivity index (χ3n) is 3.35. The Balaban J connectivity index is 2.23. The van der Waals surface area contributed by atoms with Gasteiger partial charge in [-0.25, -0.2) is 0 Å². The van der Waals surface area contributed by atoms with Crippen LogP contribution in [0.3, 0.4) is 0 Å². The molecule has 0 aromatic rings. The van der Waals surface area contributed by atoms with E-state index in [1.165, 1.54) is 6.42 Å². The van der Waals surface area contributed by atoms with Gasteiger partial charge in [-0.1, -0.05) is 6.42 Å². The van der Waals surface area contributed by atoms with Crippen LogP contribution >= 0.6 is 0 Å². The van der Waals surface area contributed by atoms with Crippen molar-refractivity contribution in [2.75, 3.05) is 0 Å². The Morgan fingerprint density at radius 3 is 2.45 bits per heavy atom. The van der Waals surface area contributed by atoms with E-state index >= 15 is 0 Å². The molecule has 2 aliphatic rings. The minimum Gasteiger partial charge on any atom is -0.368 e. The average molecular weight is 154 g/mol. The second-order valence-corrected chi connectivity index (χ2v) is 3.98. The largest absolute Gasteiger partial charge is 0.368 e. The van der Waals surface area contributed by atoms with E-state index < -0.39 is 5.54 Å². The molecular weight excluding hydrogens is 140 g/mol. The fourth-order valence-corrected chi connectivity index (χ4v) is 2.67. The highest BCUT2D eigenvalue weighted by molar-refractivity contribution is 5.85. The van der Waals surface area contributed by atoms with Crippen molar-refractivity contribution in [2.45, 2.75) is 31.2 Å². The summed E-state index contributed by atoms with van der Waals surface area (Å²) >= 11 is 0. The van der Waals surface area contributed by atoms with Crippen molar-refractivity contribution < 1.29 is 4.79 Å². The number of carbonyl (C=O) groups is 1. The Hall–Kier alpha value is -0.570. The summed E-state index contributed by atoms with van der Waals surface area (Å²) < 4.78 is 0. The highest BCUT2D eigenvalue weighted by Crippen LogP contribution is 2.49. The average Bonchev–Trinajstić information content (AvgIpc) is 2.45. The zero-order chi connectivity index (χ0) is 8.06. The Kier molecular flexibility index (Phi) is 1.27. The van der Waals surface area contributed by atoms with E-state index in [1.807, 2.05) is 0 Å². The minimum absolute atomic E-state index is 0.301. The number of hydrogen-bond acceptors (Lipinski definition) is 2. The van der Waals surface area contributed by atoms with Crippen LogP contribution in [-0.2, 0) is 4.79 Å². The number of primary amides is 1. The highest BCUT2D eigenvalue weighted by atomic mass is 16.1. The summed E-state index contributed by atoms with van der Waals surface area (Å²) in [5.74, 6) is 0.757. The van der Waals surface area contributed by atoms with Crippen molar-refractivity contribution >= 4 is 5.91 Å². The van der Waals surface area contributed by atoms with E-state index in [1.54, 1.807) is 0 Å². The molecule has 11 heavy (non-hydrogen) atoms. The number of carbonyl (C=O) groups excluding carboxylic acids is 1. The maximum Gasteiger partial charge on any atom is 0.237 e. The van der Waals surface area contributed by atoms with E-state index in [0.29, 0.717) is 11.8 Å². The van der Waals surface area contributed by atoms with Gasteiger partial charge in [-0.2, -0.15) is 0 Å². The Morgan fingerprint density at radius 1 is 1.45 bits per heavy atom. The van der Waals surface area contributed by atoms with Gasteiger partial charge < -0.3 is 11.5 Å². The molecule has 2 rings (SSSR count). The molecule has 3 heteroatoms. The van der Waals surface area contributed by atoms with Crippen molar-refractivity contribution in [3.8, 4) is 0 Å². The molecule has 3 atom stereocenters. The summed E-state index contributed by atoms with van der Waals surface area (Å²) in [5, 5.41) is 0. The first kappa shape index (κ1) is 7.10. The molecule has 0 saturated heterocycles. The van der Waals surface area contributed by atoms with E-state index in [0.717, 1.165) is 19.3 Å². The Morgan fingerprint density at radius 2 is 2.18 bits per heavy atom. The van der Waals surface area contributed by atoms with Crippen LogP contribution in [0.15, 0.2) is 0 Å². The van der Waals surface area contributed by atoms with Gasteiger partial charge >= 0.3 is 0 Å². The smallest absolute Gasteiger partial charge is 0.237 e. The molecule has 0 aliphatic heterocycles. The van der Waals surface area contributed by atoms with Gasteiger partial charge in [0.1, 0.15) is 0 Å². The van der Waals surface area contributed by atoms with Gasteiger partial charge in [0.25, 0.3) is 0 Å². The summed E-state index contributed by atoms with van der Waals surface area (Å²) in [6.45, 7) is 0. The van der Waals surface area contributed by atoms with Gasteiger partial charge in [-0.05, 0) is 31.1 Å². The molecule has 1 amide bonds. The van der Waals surface area contributed by atoms with Gasteiger partial charge in [0, 0.05) is 0 Å². The third kappa shape index (κ3) is 0.805. The molecule has 2 aliphatic carbocycles. The van der Waals surface area contributed by atoms with Crippen LogP contribution in [0.4, 0.5) is 0 Å². The van der Waals surface area contributed by atoms with Crippen molar-refractivity contribution in [1.82, 2.24) is 0 Å². The predicted molar refractivity (Wildman–Crippen MR) is 41.6 cm³/mol. The van der Waals surface area contributed by atoms with Gasteiger partial charge in [-0.15, -0.1) is 0 Å². The number of hydrogen-bond donors (Lipinski definition) is 2. The van der Waals surface area contributed by atoms with E-state index in [2.05, 4.69) is 0 Å². The molecule has 0 aromatic carbocycles. The van der Waals surface area contributed by atoms with Crippen molar-refractivity contribution in [3.63, 3.8) is 0 Å². The van der Waals surface area contributed by atoms with Gasteiger partial charge in [-0.3, -0.25) is 4.79 Å². The van der Waals surface area contributed by atoms with Crippen molar-refractivity contribution in [1.29, 1.82) is 0 Å². The molecule has 3 nitrogen and oxygen atoms in total. The van der Waals surface area contributed by atoms with Crippen LogP contribution in [0.25, 0.3) is 0 Å². The molecule has 3 unspecified atom stereocenters. The Bertz CT molecular complexity index is 204. The first-order valence-electron chi connectivity index (χ1n) is 4.21. The van der Waals surface area contributed by atoms with E-state index in [4.69, 9.17) is 11.5 Å². The molecular formula is C8H14N2O. The number of amides is 1. The molecule has 2 saturated carbocycles. The summed E-state index contributed by atoms with van der Waals surface area (Å²) in [6, 6.07) is 0. The van der Waals surface area contributed by atoms with Crippen LogP contribution < -0.4 is 11.5 Å². The molecule has 2 bridgehead atoms. The SMILES string of the molecule is NC(=O)C1(N)CC2CCC1C2. The van der Waals surface area contributed by atoms with Crippen molar-refractivity contribution in [3.05, 3.63) is 0 Å². The first-order chi connectivity index (χ1) is 5.13. The zero-order valence-corrected chi connectivity index (χ0v) is 6.55. The lowest BCUT2D eigenvalue weighted by molar-refractivity contribution is -0.124. The normalized spacial score (nSPS) is 48.1. The second kappa shape index (κ2) is 1.97. The number of rotatable bonds is 1. The van der Waals surface area contributed by atoms with Crippen LogP contribution in [0.5, 0.6) is 0 Å². The van der Waals surface area contributed by atoms with Gasteiger partial charge in [0.05, 0.1) is 5.54 Å². The van der Waals surface area contributed by atoms with Crippen LogP contribution in [-0.4, -0.2) is 11.4 Å². The first-order valence-corrected chi connectivity index (χ1v) is 4.21. The van der Waals surface area contributed by atoms with Gasteiger partial charge in [0.2, 0.25) is 5.91 Å². The maximum atomic E-state index is 11.0. The topological polar surface area (TPSA) is 69.1 Å². The lowest BCUT2D eigenvalue weighted by Gasteiger charge is -2.29. The van der Waals surface area contributed by atoms with E-state index in [9.17, 15) is 4.79 Å². The fraction of sp³-hybridized carbons (Fsp3) is 0.875. The quantitative estimate of drug-likeness (QED) is 0.557. The molecule has 0 heterocycles. The second-order valence-electron chi connectivity index (χ2n) is 3.98. The minimum atomic E-state index is -0.650. The Labute approximate surface area is 66.1 Å². The molecule has 0 spiro atoms. The van der Waals surface area contributed by atoms with Gasteiger partial charge in [0.15, 0.2) is 0 Å². The summed E-state index contributed by atoms with van der Waals surface area (Å²) in [6.07, 6.45) is 4.30. The lowest BCUT2D eigenvalue weighted by atomic mass is 9.81. The van der Waals surface area contributed by atoms with Crippen LogP contribution in [0.2, 0.25) is 0 Å². The molecule has 0 radical (unpaired) electrons. The highest BCUT2D eigenvalue weighted by Gasteiger charge is 2.52. The molecule has 2 fully saturated rings. The summed E-state index contributed by atoms with van der Waals surface area (Å²) in [5.41, 5.74) is 10.5. The summed E-state index contributed by atoms with van der Waals surface area (Å²) in [4.78, 5) is 11.0. The fourth-order valence-electron chi connectivity index (χ4n) is 2.67. The lowest BCUT2D eigenvalue weighted by Crippen LogP contribution is -2.55. The monoisotopic (exact) mass is 154 g/mol. The number of fused-ring (bicyclic) bond motifs is 2. The van der Waals surface area contributed by atoms with Crippen LogP contribution in [0, 0.1) is 11.8 Å². The molecule has 62 valence electrons. The molecule has 0 aromatic heterocycles. The van der Waals surface area contributed by atoms with Crippen molar-refractivity contribution in [2.24, 2.45) is 23.3 Å². The maximum absolute atomic E-state index is 11.0. The summed E-state index contributed by atoms with van der Waals surface area (Å²) in [7, 11) is 0. The number of nitrogens with two attached hydrogens (primary N) is 2. The predicted octanol–water partition coefficient (Wildman–Crippen LogP) is -0.0108. The van der Waals surface area contributed by atoms with Crippen LogP contribution in [0.1, 0.15) is 25.7 Å².